The fourth-order valence-corrected chi connectivity index (χ4v) is 2.57. The zero-order chi connectivity index (χ0) is 28.0. The van der Waals surface area contributed by atoms with Gasteiger partial charge in [0, 0.05) is 38.3 Å². The maximum Gasteiger partial charge on any atom is 0.428 e. The minimum Gasteiger partial charge on any atom is -0.464 e. The Bertz CT molecular complexity index is 804. The quantitative estimate of drug-likeness (QED) is 0.0507. The van der Waals surface area contributed by atoms with E-state index in [2.05, 4.69) is 20.8 Å². The molecule has 214 valence electrons. The Morgan fingerprint density at radius 1 is 0.658 bits per heavy atom. The minimum absolute atomic E-state index is 0.0831. The Balaban J connectivity index is 1.82. The first-order chi connectivity index (χ1) is 18.3. The van der Waals surface area contributed by atoms with E-state index in [1.54, 1.807) is 5.48 Å². The number of nitrogens with zero attached hydrogens (tertiary/aromatic N) is 1. The number of rotatable bonds is 22. The molecule has 0 aromatic carbocycles. The summed E-state index contributed by atoms with van der Waals surface area (Å²) in [5.74, 6) is -2.06. The van der Waals surface area contributed by atoms with Gasteiger partial charge in [-0.2, -0.15) is 5.48 Å². The van der Waals surface area contributed by atoms with Gasteiger partial charge < -0.3 is 40.0 Å². The van der Waals surface area contributed by atoms with E-state index < -0.39 is 30.4 Å². The predicted octanol–water partition coefficient (Wildman–Crippen LogP) is -3.47. The number of nitrogens with one attached hydrogen (secondary N) is 4. The highest BCUT2D eigenvalue weighted by atomic mass is 16.7. The van der Waals surface area contributed by atoms with E-state index >= 15 is 0 Å². The van der Waals surface area contributed by atoms with Gasteiger partial charge in [-0.25, -0.2) is 4.79 Å². The second-order valence-electron chi connectivity index (χ2n) is 7.24. The molecule has 1 heterocycles. The molecule has 0 saturated carbocycles. The van der Waals surface area contributed by atoms with Gasteiger partial charge in [0.2, 0.25) is 17.7 Å². The number of imide groups is 1. The third-order valence-corrected chi connectivity index (χ3v) is 4.27. The topological polar surface area (TPSA) is 220 Å². The van der Waals surface area contributed by atoms with Crippen LogP contribution in [0.2, 0.25) is 0 Å². The van der Waals surface area contributed by atoms with Gasteiger partial charge in [-0.3, -0.25) is 33.7 Å². The zero-order valence-electron chi connectivity index (χ0n) is 20.7. The summed E-state index contributed by atoms with van der Waals surface area (Å²) in [6.07, 6.45) is 0.938. The molecule has 5 N–H and O–H groups in total. The Morgan fingerprint density at radius 2 is 1.11 bits per heavy atom. The first kappa shape index (κ1) is 32.4. The summed E-state index contributed by atoms with van der Waals surface area (Å²) >= 11 is 0. The Kier molecular flexibility index (Phi) is 17.4. The molecule has 6 amide bonds. The molecule has 0 aliphatic carbocycles. The van der Waals surface area contributed by atoms with Crippen LogP contribution in [0, 0.1) is 0 Å². The van der Waals surface area contributed by atoms with Crippen molar-refractivity contribution in [2.45, 2.75) is 0 Å². The summed E-state index contributed by atoms with van der Waals surface area (Å²) in [6.45, 7) is 1.02. The number of hydroxylamine groups is 1. The van der Waals surface area contributed by atoms with Gasteiger partial charge in [0.1, 0.15) is 13.2 Å². The predicted molar refractivity (Wildman–Crippen MR) is 125 cm³/mol. The van der Waals surface area contributed by atoms with Crippen LogP contribution in [0.5, 0.6) is 0 Å². The van der Waals surface area contributed by atoms with Gasteiger partial charge in [-0.15, -0.1) is 0 Å². The molecule has 38 heavy (non-hydrogen) atoms. The molecule has 17 nitrogen and oxygen atoms in total. The van der Waals surface area contributed by atoms with Crippen molar-refractivity contribution in [3.05, 3.63) is 12.2 Å². The first-order valence-corrected chi connectivity index (χ1v) is 11.5. The summed E-state index contributed by atoms with van der Waals surface area (Å²) in [5, 5.41) is 15.9. The lowest BCUT2D eigenvalue weighted by Crippen LogP contribution is -2.39. The largest absolute Gasteiger partial charge is 0.464 e. The second-order valence-corrected chi connectivity index (χ2v) is 7.24. The lowest BCUT2D eigenvalue weighted by atomic mass is 10.5. The molecule has 0 bridgehead atoms. The van der Waals surface area contributed by atoms with E-state index in [-0.39, 0.29) is 90.8 Å². The van der Waals surface area contributed by atoms with Crippen LogP contribution in [-0.4, -0.2) is 131 Å². The summed E-state index contributed by atoms with van der Waals surface area (Å²) < 4.78 is 20.8. The number of hydrogen-bond donors (Lipinski definition) is 5. The van der Waals surface area contributed by atoms with E-state index in [1.165, 1.54) is 12.2 Å². The van der Waals surface area contributed by atoms with Crippen LogP contribution in [0.15, 0.2) is 12.2 Å². The van der Waals surface area contributed by atoms with Crippen molar-refractivity contribution in [3.63, 3.8) is 0 Å². The van der Waals surface area contributed by atoms with Crippen molar-refractivity contribution in [2.24, 2.45) is 0 Å². The zero-order valence-corrected chi connectivity index (χ0v) is 20.7. The number of ether oxygens (including phenoxy) is 4. The van der Waals surface area contributed by atoms with Crippen LogP contribution in [0.25, 0.3) is 0 Å². The van der Waals surface area contributed by atoms with Crippen molar-refractivity contribution >= 4 is 35.6 Å². The lowest BCUT2D eigenvalue weighted by Gasteiger charge is -2.14. The van der Waals surface area contributed by atoms with Gasteiger partial charge in [-0.1, -0.05) is 0 Å². The highest BCUT2D eigenvalue weighted by molar-refractivity contribution is 6.12. The lowest BCUT2D eigenvalue weighted by molar-refractivity contribution is -0.137. The molecule has 1 aliphatic rings. The van der Waals surface area contributed by atoms with Gasteiger partial charge in [0.25, 0.3) is 11.8 Å². The summed E-state index contributed by atoms with van der Waals surface area (Å²) in [7, 11) is 0. The molecule has 0 radical (unpaired) electrons. The normalized spacial score (nSPS) is 12.5. The van der Waals surface area contributed by atoms with Crippen molar-refractivity contribution < 1.29 is 57.7 Å². The van der Waals surface area contributed by atoms with Crippen molar-refractivity contribution in [2.75, 3.05) is 85.6 Å². The van der Waals surface area contributed by atoms with E-state index in [9.17, 15) is 28.8 Å². The Hall–Kier alpha value is -3.64. The van der Waals surface area contributed by atoms with Gasteiger partial charge >= 0.3 is 6.09 Å². The maximum atomic E-state index is 11.7. The highest BCUT2D eigenvalue weighted by Crippen LogP contribution is 2.01. The van der Waals surface area contributed by atoms with Gasteiger partial charge in [-0.05, 0) is 0 Å². The number of amides is 6. The third-order valence-electron chi connectivity index (χ3n) is 4.27. The molecule has 0 unspecified atom stereocenters. The Morgan fingerprint density at radius 3 is 1.61 bits per heavy atom. The molecular weight excluding hydrogens is 514 g/mol. The van der Waals surface area contributed by atoms with Crippen LogP contribution in [-0.2, 0) is 47.8 Å². The van der Waals surface area contributed by atoms with Crippen LogP contribution < -0.4 is 21.4 Å². The van der Waals surface area contributed by atoms with E-state index in [0.29, 0.717) is 0 Å². The van der Waals surface area contributed by atoms with Gasteiger partial charge in [0.15, 0.2) is 6.61 Å². The molecular formula is C21H33N5O12. The molecule has 1 aliphatic heterocycles. The number of carbonyl (C=O) groups excluding carboxylic acids is 5. The van der Waals surface area contributed by atoms with Crippen LogP contribution in [0.3, 0.4) is 0 Å². The van der Waals surface area contributed by atoms with Crippen molar-refractivity contribution in [1.82, 2.24) is 26.3 Å². The fraction of sp³-hybridized carbons (Fsp3) is 0.619. The molecule has 0 fully saturated rings. The van der Waals surface area contributed by atoms with Crippen molar-refractivity contribution in [1.29, 1.82) is 0 Å². The maximum absolute atomic E-state index is 11.7. The first-order valence-electron chi connectivity index (χ1n) is 11.5. The number of carbonyl (C=O) groups is 6. The third kappa shape index (κ3) is 16.9. The average Bonchev–Trinajstić information content (AvgIpc) is 3.19. The summed E-state index contributed by atoms with van der Waals surface area (Å²) in [6, 6.07) is 0. The second kappa shape index (κ2) is 20.4. The molecule has 1 rings (SSSR count). The van der Waals surface area contributed by atoms with Crippen LogP contribution in [0.1, 0.15) is 0 Å². The number of carboxylic acid groups (broad SMARTS) is 1. The molecule has 0 saturated heterocycles. The van der Waals surface area contributed by atoms with Crippen LogP contribution in [0.4, 0.5) is 4.79 Å². The van der Waals surface area contributed by atoms with Crippen molar-refractivity contribution in [3.8, 4) is 0 Å². The standard InChI is InChI=1S/C21H33N5O12/c27-16(22-3-6-26-19(30)1-2-20(26)31)13-36-11-9-34-7-4-23-17(28)14-37-12-10-35-8-5-24-18(29)15-38-25-21(32)33/h1-2,25H,3-15H2,(H,22,27)(H,23,28)(H,24,29)(H,32,33). The molecule has 0 spiro atoms. The Labute approximate surface area is 218 Å². The van der Waals surface area contributed by atoms with E-state index in [4.69, 9.17) is 24.1 Å². The van der Waals surface area contributed by atoms with E-state index in [1.807, 2.05) is 0 Å². The average molecular weight is 548 g/mol. The smallest absolute Gasteiger partial charge is 0.428 e. The molecule has 0 aromatic heterocycles. The highest BCUT2D eigenvalue weighted by Gasteiger charge is 2.22. The molecule has 17 heteroatoms. The summed E-state index contributed by atoms with van der Waals surface area (Å²) in [4.78, 5) is 72.9. The van der Waals surface area contributed by atoms with Gasteiger partial charge in [0.05, 0.1) is 39.6 Å². The minimum atomic E-state index is -1.41. The monoisotopic (exact) mass is 547 g/mol. The van der Waals surface area contributed by atoms with E-state index in [0.717, 1.165) is 4.90 Å². The SMILES string of the molecule is O=C(O)NOCC(=O)NCCOCCOCC(=O)NCCOCCOCC(=O)NCCN1C(=O)C=CC1=O. The molecule has 0 atom stereocenters. The fourth-order valence-electron chi connectivity index (χ4n) is 2.57. The molecule has 0 aromatic rings. The summed E-state index contributed by atoms with van der Waals surface area (Å²) in [5.41, 5.74) is 1.59. The number of hydrogen-bond acceptors (Lipinski definition) is 11. The van der Waals surface area contributed by atoms with Crippen LogP contribution >= 0.6 is 0 Å².